The van der Waals surface area contributed by atoms with Crippen LogP contribution >= 0.6 is 11.6 Å². The van der Waals surface area contributed by atoms with Crippen molar-refractivity contribution in [1.29, 1.82) is 0 Å². The second kappa shape index (κ2) is 8.34. The lowest BCUT2D eigenvalue weighted by Crippen LogP contribution is -2.11. The van der Waals surface area contributed by atoms with Crippen LogP contribution in [0.1, 0.15) is 11.3 Å². The van der Waals surface area contributed by atoms with Crippen molar-refractivity contribution in [2.75, 3.05) is 0 Å². The van der Waals surface area contributed by atoms with Gasteiger partial charge in [0.15, 0.2) is 5.69 Å². The number of aryl methyl sites for hydroxylation is 2. The van der Waals surface area contributed by atoms with Gasteiger partial charge in [-0.1, -0.05) is 41.4 Å². The third kappa shape index (κ3) is 5.82. The van der Waals surface area contributed by atoms with Crippen LogP contribution in [0.5, 0.6) is 0 Å². The largest absolute Gasteiger partial charge is 0.435 e. The molecule has 0 aliphatic carbocycles. The van der Waals surface area contributed by atoms with Gasteiger partial charge in [0.2, 0.25) is 10.0 Å². The third-order valence-electron chi connectivity index (χ3n) is 3.66. The van der Waals surface area contributed by atoms with E-state index in [1.165, 1.54) is 23.9 Å². The van der Waals surface area contributed by atoms with Crippen molar-refractivity contribution in [1.82, 2.24) is 9.78 Å². The number of alkyl halides is 3. The molecule has 0 saturated carbocycles. The molecule has 0 aliphatic heterocycles. The van der Waals surface area contributed by atoms with E-state index >= 15 is 0 Å². The minimum absolute atomic E-state index is 0.156. The summed E-state index contributed by atoms with van der Waals surface area (Å²) in [6, 6.07) is 14.0. The Morgan fingerprint density at radius 2 is 1.57 bits per heavy atom. The summed E-state index contributed by atoms with van der Waals surface area (Å²) in [5.74, 6) is 0. The molecule has 0 bridgehead atoms. The number of nitrogens with zero attached hydrogens (tertiary/aromatic N) is 2. The molecule has 0 spiro atoms. The standard InChI is InChI=1S/C11H8ClF3N2.C7H9NO2S/c1-17-9(6-10(16-17)11(13,14)15)7-2-4-8(12)5-3-7;1-6-2-4-7(5-3-6)11(8,9)10/h2-6H,1H3;2-5H,1H3,(H2,8,9,10). The first-order chi connectivity index (χ1) is 12.9. The highest BCUT2D eigenvalue weighted by Gasteiger charge is 2.34. The molecule has 0 unspecified atom stereocenters. The van der Waals surface area contributed by atoms with Crippen LogP contribution in [0.25, 0.3) is 11.3 Å². The number of nitrogens with two attached hydrogens (primary N) is 1. The maximum atomic E-state index is 12.5. The average molecular weight is 432 g/mol. The molecule has 150 valence electrons. The Labute approximate surface area is 165 Å². The predicted molar refractivity (Wildman–Crippen MR) is 101 cm³/mol. The highest BCUT2D eigenvalue weighted by molar-refractivity contribution is 7.89. The van der Waals surface area contributed by atoms with Gasteiger partial charge in [0.25, 0.3) is 0 Å². The molecule has 2 aromatic carbocycles. The number of sulfonamides is 1. The monoisotopic (exact) mass is 431 g/mol. The van der Waals surface area contributed by atoms with Crippen molar-refractivity contribution >= 4 is 21.6 Å². The predicted octanol–water partition coefficient (Wildman–Crippen LogP) is 4.40. The third-order valence-corrected chi connectivity index (χ3v) is 4.84. The van der Waals surface area contributed by atoms with Crippen LogP contribution < -0.4 is 5.14 Å². The summed E-state index contributed by atoms with van der Waals surface area (Å²) in [4.78, 5) is 0.156. The fraction of sp³-hybridized carbons (Fsp3) is 0.167. The van der Waals surface area contributed by atoms with Gasteiger partial charge in [0, 0.05) is 12.1 Å². The van der Waals surface area contributed by atoms with Gasteiger partial charge in [-0.05, 0) is 42.8 Å². The number of primary sulfonamides is 1. The van der Waals surface area contributed by atoms with E-state index in [-0.39, 0.29) is 4.90 Å². The zero-order valence-corrected chi connectivity index (χ0v) is 16.5. The SMILES string of the molecule is Cc1ccc(S(N)(=O)=O)cc1.Cn1nc(C(F)(F)F)cc1-c1ccc(Cl)cc1. The van der Waals surface area contributed by atoms with E-state index < -0.39 is 21.9 Å². The second-order valence-electron chi connectivity index (χ2n) is 5.90. The van der Waals surface area contributed by atoms with Crippen molar-refractivity contribution < 1.29 is 21.6 Å². The maximum absolute atomic E-state index is 12.5. The first-order valence-electron chi connectivity index (χ1n) is 7.84. The minimum atomic E-state index is -4.43. The Morgan fingerprint density at radius 1 is 1.04 bits per heavy atom. The van der Waals surface area contributed by atoms with E-state index in [1.807, 2.05) is 6.92 Å². The van der Waals surface area contributed by atoms with E-state index in [0.717, 1.165) is 11.6 Å². The summed E-state index contributed by atoms with van der Waals surface area (Å²) in [5, 5.41) is 8.85. The molecule has 1 aromatic heterocycles. The first-order valence-corrected chi connectivity index (χ1v) is 9.77. The van der Waals surface area contributed by atoms with Crippen LogP contribution in [0.2, 0.25) is 5.02 Å². The van der Waals surface area contributed by atoms with Crippen LogP contribution in [-0.2, 0) is 23.2 Å². The molecule has 2 N–H and O–H groups in total. The summed E-state index contributed by atoms with van der Waals surface area (Å²) in [7, 11) is -2.05. The molecule has 0 saturated heterocycles. The number of hydrogen-bond donors (Lipinski definition) is 1. The van der Waals surface area contributed by atoms with Crippen molar-refractivity contribution in [3.05, 3.63) is 70.9 Å². The van der Waals surface area contributed by atoms with Crippen molar-refractivity contribution in [3.63, 3.8) is 0 Å². The summed E-state index contributed by atoms with van der Waals surface area (Å²) in [6.07, 6.45) is -4.43. The second-order valence-corrected chi connectivity index (χ2v) is 7.90. The van der Waals surface area contributed by atoms with Crippen molar-refractivity contribution in [2.24, 2.45) is 12.2 Å². The molecule has 1 heterocycles. The average Bonchev–Trinajstić information content (AvgIpc) is 2.98. The molecular formula is C18H17ClF3N3O2S. The van der Waals surface area contributed by atoms with Crippen molar-refractivity contribution in [2.45, 2.75) is 18.0 Å². The number of rotatable bonds is 2. The Bertz CT molecular complexity index is 1050. The zero-order chi connectivity index (χ0) is 21.1. The summed E-state index contributed by atoms with van der Waals surface area (Å²) < 4.78 is 60.0. The van der Waals surface area contributed by atoms with Gasteiger partial charge >= 0.3 is 6.18 Å². The number of hydrogen-bond acceptors (Lipinski definition) is 3. The zero-order valence-electron chi connectivity index (χ0n) is 14.9. The Morgan fingerprint density at radius 3 is 2.00 bits per heavy atom. The maximum Gasteiger partial charge on any atom is 0.435 e. The van der Waals surface area contributed by atoms with Crippen LogP contribution in [0, 0.1) is 6.92 Å². The van der Waals surface area contributed by atoms with Gasteiger partial charge < -0.3 is 0 Å². The van der Waals surface area contributed by atoms with Gasteiger partial charge in [-0.25, -0.2) is 13.6 Å². The summed E-state index contributed by atoms with van der Waals surface area (Å²) in [6.45, 7) is 1.88. The van der Waals surface area contributed by atoms with Gasteiger partial charge in [-0.3, -0.25) is 4.68 Å². The quantitative estimate of drug-likeness (QED) is 0.653. The van der Waals surface area contributed by atoms with Gasteiger partial charge in [-0.2, -0.15) is 18.3 Å². The van der Waals surface area contributed by atoms with E-state index in [2.05, 4.69) is 5.10 Å². The Hall–Kier alpha value is -2.36. The molecule has 5 nitrogen and oxygen atoms in total. The first kappa shape index (κ1) is 21.9. The number of aromatic nitrogens is 2. The van der Waals surface area contributed by atoms with Gasteiger partial charge in [-0.15, -0.1) is 0 Å². The van der Waals surface area contributed by atoms with Crippen molar-refractivity contribution in [3.8, 4) is 11.3 Å². The fourth-order valence-corrected chi connectivity index (χ4v) is 2.87. The molecule has 0 radical (unpaired) electrons. The summed E-state index contributed by atoms with van der Waals surface area (Å²) in [5.41, 5.74) is 1.15. The summed E-state index contributed by atoms with van der Waals surface area (Å²) >= 11 is 5.71. The lowest BCUT2D eigenvalue weighted by molar-refractivity contribution is -0.141. The number of halogens is 4. The number of benzene rings is 2. The van der Waals surface area contributed by atoms with Gasteiger partial charge in [0.1, 0.15) is 0 Å². The van der Waals surface area contributed by atoms with E-state index in [1.54, 1.807) is 36.4 Å². The van der Waals surface area contributed by atoms with Crippen LogP contribution in [0.4, 0.5) is 13.2 Å². The molecule has 3 rings (SSSR count). The van der Waals surface area contributed by atoms with Crippen LogP contribution in [-0.4, -0.2) is 18.2 Å². The molecule has 0 amide bonds. The minimum Gasteiger partial charge on any atom is -0.267 e. The molecule has 10 heteroatoms. The highest BCUT2D eigenvalue weighted by atomic mass is 35.5. The van der Waals surface area contributed by atoms with E-state index in [4.69, 9.17) is 16.7 Å². The topological polar surface area (TPSA) is 78.0 Å². The molecule has 0 aliphatic rings. The van der Waals surface area contributed by atoms with E-state index in [9.17, 15) is 21.6 Å². The fourth-order valence-electron chi connectivity index (χ4n) is 2.22. The lowest BCUT2D eigenvalue weighted by Gasteiger charge is -2.00. The van der Waals surface area contributed by atoms with Crippen LogP contribution in [0.15, 0.2) is 59.5 Å². The molecule has 3 aromatic rings. The molecule has 0 atom stereocenters. The normalized spacial score (nSPS) is 11.7. The molecule has 0 fully saturated rings. The molecule has 28 heavy (non-hydrogen) atoms. The van der Waals surface area contributed by atoms with Gasteiger partial charge in [0.05, 0.1) is 10.6 Å². The smallest absolute Gasteiger partial charge is 0.267 e. The lowest BCUT2D eigenvalue weighted by atomic mass is 10.1. The van der Waals surface area contributed by atoms with E-state index in [0.29, 0.717) is 16.3 Å². The Kier molecular flexibility index (Phi) is 6.53. The molecular weight excluding hydrogens is 415 g/mol. The Balaban J connectivity index is 0.000000221. The van der Waals surface area contributed by atoms with Crippen LogP contribution in [0.3, 0.4) is 0 Å². The highest BCUT2D eigenvalue weighted by Crippen LogP contribution is 2.31.